The Morgan fingerprint density at radius 3 is 2.81 bits per heavy atom. The highest BCUT2D eigenvalue weighted by Crippen LogP contribution is 2.29. The fourth-order valence-corrected chi connectivity index (χ4v) is 5.73. The van der Waals surface area contributed by atoms with Gasteiger partial charge in [-0.15, -0.1) is 11.3 Å². The van der Waals surface area contributed by atoms with Gasteiger partial charge in [-0.2, -0.15) is 0 Å². The number of fused-ring (bicyclic) bond motifs is 2. The molecular weight excluding hydrogens is 438 g/mol. The van der Waals surface area contributed by atoms with Gasteiger partial charge < -0.3 is 4.90 Å². The van der Waals surface area contributed by atoms with Crippen molar-refractivity contribution in [2.45, 2.75) is 31.8 Å². The number of hydrogen-bond donors (Lipinski definition) is 0. The first-order valence-corrected chi connectivity index (χ1v) is 12.5. The molecule has 4 aromatic rings. The maximum Gasteiger partial charge on any atom is 0.276 e. The lowest BCUT2D eigenvalue weighted by molar-refractivity contribution is -0.116. The molecule has 2 aromatic heterocycles. The highest BCUT2D eigenvalue weighted by atomic mass is 32.2. The van der Waals surface area contributed by atoms with Crippen LogP contribution in [0, 0.1) is 13.8 Å². The molecule has 3 heterocycles. The number of hydrogen-bond acceptors (Lipinski definition) is 5. The predicted octanol–water partition coefficient (Wildman–Crippen LogP) is 5.14. The van der Waals surface area contributed by atoms with E-state index in [1.165, 1.54) is 34.2 Å². The minimum Gasteiger partial charge on any atom is -0.311 e. The standard InChI is InChI=1S/C25H23N3O2S2/c1-16-9-10-19(14-17(16)2)28-24(30)23-20(11-13-31-23)26-25(28)32-15-22(29)27-12-5-7-18-6-3-4-8-21(18)27/h3-4,6,8-11,13-14H,5,7,12,15H2,1-2H3. The number of para-hydroxylation sites is 1. The zero-order chi connectivity index (χ0) is 22.2. The van der Waals surface area contributed by atoms with Crippen LogP contribution in [0.25, 0.3) is 15.9 Å². The molecule has 162 valence electrons. The molecule has 0 spiro atoms. The lowest BCUT2D eigenvalue weighted by Gasteiger charge is -2.29. The Balaban J connectivity index is 1.50. The van der Waals surface area contributed by atoms with Gasteiger partial charge in [-0.25, -0.2) is 4.98 Å². The molecule has 0 radical (unpaired) electrons. The van der Waals surface area contributed by atoms with Crippen molar-refractivity contribution in [2.24, 2.45) is 0 Å². The van der Waals surface area contributed by atoms with E-state index in [0.717, 1.165) is 36.3 Å². The Morgan fingerprint density at radius 2 is 1.97 bits per heavy atom. The van der Waals surface area contributed by atoms with E-state index in [9.17, 15) is 9.59 Å². The molecule has 1 amide bonds. The summed E-state index contributed by atoms with van der Waals surface area (Å²) in [6, 6.07) is 15.9. The molecule has 0 saturated heterocycles. The van der Waals surface area contributed by atoms with Crippen molar-refractivity contribution in [1.29, 1.82) is 0 Å². The maximum atomic E-state index is 13.3. The average molecular weight is 462 g/mol. The molecule has 0 N–H and O–H groups in total. The van der Waals surface area contributed by atoms with E-state index in [2.05, 4.69) is 6.07 Å². The van der Waals surface area contributed by atoms with Gasteiger partial charge in [0.2, 0.25) is 5.91 Å². The summed E-state index contributed by atoms with van der Waals surface area (Å²) in [5, 5.41) is 2.43. The van der Waals surface area contributed by atoms with Gasteiger partial charge in [0.25, 0.3) is 5.56 Å². The highest BCUT2D eigenvalue weighted by molar-refractivity contribution is 7.99. The number of aromatic nitrogens is 2. The monoisotopic (exact) mass is 461 g/mol. The second kappa shape index (κ2) is 8.56. The lowest BCUT2D eigenvalue weighted by Crippen LogP contribution is -2.36. The summed E-state index contributed by atoms with van der Waals surface area (Å²) in [5.41, 5.74) is 5.85. The number of thioether (sulfide) groups is 1. The Hall–Kier alpha value is -2.90. The number of carbonyl (C=O) groups excluding carboxylic acids is 1. The normalized spacial score (nSPS) is 13.4. The van der Waals surface area contributed by atoms with Crippen LogP contribution in [-0.2, 0) is 11.2 Å². The van der Waals surface area contributed by atoms with E-state index in [-0.39, 0.29) is 17.2 Å². The van der Waals surface area contributed by atoms with Crippen molar-refractivity contribution >= 4 is 44.9 Å². The Kier molecular flexibility index (Phi) is 5.61. The molecule has 32 heavy (non-hydrogen) atoms. The van der Waals surface area contributed by atoms with Crippen LogP contribution in [0.4, 0.5) is 5.69 Å². The summed E-state index contributed by atoms with van der Waals surface area (Å²) in [4.78, 5) is 33.1. The van der Waals surface area contributed by atoms with Gasteiger partial charge in [0, 0.05) is 12.2 Å². The van der Waals surface area contributed by atoms with Gasteiger partial charge in [0.05, 0.1) is 17.0 Å². The number of benzene rings is 2. The molecule has 5 nitrogen and oxygen atoms in total. The first kappa shape index (κ1) is 21.0. The summed E-state index contributed by atoms with van der Waals surface area (Å²) in [5.74, 6) is 0.259. The van der Waals surface area contributed by atoms with Gasteiger partial charge in [0.1, 0.15) is 4.70 Å². The summed E-state index contributed by atoms with van der Waals surface area (Å²) in [7, 11) is 0. The molecule has 0 aliphatic carbocycles. The zero-order valence-electron chi connectivity index (χ0n) is 18.0. The summed E-state index contributed by atoms with van der Waals surface area (Å²) < 4.78 is 2.27. The maximum absolute atomic E-state index is 13.3. The number of nitrogens with zero attached hydrogens (tertiary/aromatic N) is 3. The van der Waals surface area contributed by atoms with Crippen LogP contribution < -0.4 is 10.5 Å². The summed E-state index contributed by atoms with van der Waals surface area (Å²) >= 11 is 2.72. The van der Waals surface area contributed by atoms with Crippen molar-refractivity contribution in [3.05, 3.63) is 81.0 Å². The fourth-order valence-electron chi connectivity index (χ4n) is 4.08. The molecule has 0 bridgehead atoms. The van der Waals surface area contributed by atoms with Crippen molar-refractivity contribution in [2.75, 3.05) is 17.2 Å². The van der Waals surface area contributed by atoms with E-state index >= 15 is 0 Å². The molecule has 5 rings (SSSR count). The van der Waals surface area contributed by atoms with Crippen LogP contribution in [0.5, 0.6) is 0 Å². The van der Waals surface area contributed by atoms with Gasteiger partial charge in [-0.1, -0.05) is 36.0 Å². The number of amides is 1. The van der Waals surface area contributed by atoms with Crippen LogP contribution in [0.1, 0.15) is 23.1 Å². The van der Waals surface area contributed by atoms with Gasteiger partial charge >= 0.3 is 0 Å². The number of anilines is 1. The van der Waals surface area contributed by atoms with E-state index in [0.29, 0.717) is 15.4 Å². The van der Waals surface area contributed by atoms with Crippen molar-refractivity contribution < 1.29 is 4.79 Å². The molecule has 7 heteroatoms. The molecule has 0 unspecified atom stereocenters. The van der Waals surface area contributed by atoms with Crippen LogP contribution in [0.2, 0.25) is 0 Å². The number of aryl methyl sites for hydroxylation is 3. The van der Waals surface area contributed by atoms with Crippen LogP contribution in [-0.4, -0.2) is 27.8 Å². The first-order valence-electron chi connectivity index (χ1n) is 10.6. The minimum atomic E-state index is -0.0912. The number of rotatable bonds is 4. The second-order valence-electron chi connectivity index (χ2n) is 8.00. The Morgan fingerprint density at radius 1 is 1.12 bits per heavy atom. The number of thiophene rings is 1. The lowest BCUT2D eigenvalue weighted by atomic mass is 10.0. The topological polar surface area (TPSA) is 55.2 Å². The molecule has 2 aromatic carbocycles. The largest absolute Gasteiger partial charge is 0.311 e. The van der Waals surface area contributed by atoms with Crippen LogP contribution in [0.3, 0.4) is 0 Å². The molecular formula is C25H23N3O2S2. The quantitative estimate of drug-likeness (QED) is 0.312. The molecule has 0 fully saturated rings. The average Bonchev–Trinajstić information content (AvgIpc) is 3.28. The predicted molar refractivity (Wildman–Crippen MR) is 133 cm³/mol. The van der Waals surface area contributed by atoms with Crippen LogP contribution in [0.15, 0.2) is 63.9 Å². The molecule has 1 aliphatic rings. The molecule has 0 saturated carbocycles. The van der Waals surface area contributed by atoms with Crippen molar-refractivity contribution in [3.8, 4) is 5.69 Å². The Labute approximate surface area is 194 Å². The van der Waals surface area contributed by atoms with Crippen molar-refractivity contribution in [3.63, 3.8) is 0 Å². The third-order valence-corrected chi connectivity index (χ3v) is 7.75. The smallest absolute Gasteiger partial charge is 0.276 e. The SMILES string of the molecule is Cc1ccc(-n2c(SCC(=O)N3CCCc4ccccc43)nc3ccsc3c2=O)cc1C. The highest BCUT2D eigenvalue weighted by Gasteiger charge is 2.23. The molecule has 0 atom stereocenters. The van der Waals surface area contributed by atoms with E-state index in [4.69, 9.17) is 4.98 Å². The first-order chi connectivity index (χ1) is 15.5. The molecule has 1 aliphatic heterocycles. The van der Waals surface area contributed by atoms with Crippen molar-refractivity contribution in [1.82, 2.24) is 9.55 Å². The minimum absolute atomic E-state index is 0.0356. The Bertz CT molecular complexity index is 1390. The second-order valence-corrected chi connectivity index (χ2v) is 9.86. The zero-order valence-corrected chi connectivity index (χ0v) is 19.6. The van der Waals surface area contributed by atoms with E-state index in [1.54, 1.807) is 4.57 Å². The third kappa shape index (κ3) is 3.76. The van der Waals surface area contributed by atoms with E-state index in [1.807, 2.05) is 66.6 Å². The fraction of sp³-hybridized carbons (Fsp3) is 0.240. The van der Waals surface area contributed by atoms with Crippen LogP contribution >= 0.6 is 23.1 Å². The van der Waals surface area contributed by atoms with E-state index < -0.39 is 0 Å². The van der Waals surface area contributed by atoms with Gasteiger partial charge in [-0.3, -0.25) is 14.2 Å². The summed E-state index contributed by atoms with van der Waals surface area (Å²) in [6.45, 7) is 4.80. The van der Waals surface area contributed by atoms with Gasteiger partial charge in [-0.05, 0) is 73.0 Å². The van der Waals surface area contributed by atoms with Gasteiger partial charge in [0.15, 0.2) is 5.16 Å². The number of carbonyl (C=O) groups is 1. The third-order valence-electron chi connectivity index (χ3n) is 5.93. The summed E-state index contributed by atoms with van der Waals surface area (Å²) in [6.07, 6.45) is 1.95.